The van der Waals surface area contributed by atoms with Crippen LogP contribution in [0.3, 0.4) is 0 Å². The molecule has 1 atom stereocenters. The van der Waals surface area contributed by atoms with Crippen molar-refractivity contribution in [2.24, 2.45) is 0 Å². The van der Waals surface area contributed by atoms with Crippen LogP contribution in [0, 0.1) is 0 Å². The summed E-state index contributed by atoms with van der Waals surface area (Å²) < 4.78 is 0. The van der Waals surface area contributed by atoms with Crippen LogP contribution in [0.5, 0.6) is 0 Å². The summed E-state index contributed by atoms with van der Waals surface area (Å²) in [7, 11) is 0. The number of amides is 3. The Morgan fingerprint density at radius 1 is 0.906 bits per heavy atom. The lowest BCUT2D eigenvalue weighted by Gasteiger charge is -2.15. The third kappa shape index (κ3) is 5.09. The minimum absolute atomic E-state index is 0.165. The molecule has 10 nitrogen and oxygen atoms in total. The molecule has 1 heterocycles. The number of hydrogen-bond acceptors (Lipinski definition) is 6. The summed E-state index contributed by atoms with van der Waals surface area (Å²) in [6.45, 7) is 0.464. The standard InChI is InChI=1S/C22H21N3O7/c26-18(27)10-9-17(22(31)32)24-19(28)13-5-7-14(8-6-13)23-11-12-25-20(29)15-3-1-2-4-16(15)21(25)30/h1-8,17,23H,9-12H2,(H,24,28)(H,26,27)(H,31,32)/t17-/m0/s1. The number of rotatable bonds is 10. The molecule has 2 aromatic carbocycles. The van der Waals surface area contributed by atoms with Gasteiger partial charge < -0.3 is 20.8 Å². The van der Waals surface area contributed by atoms with Gasteiger partial charge in [0.05, 0.1) is 11.1 Å². The molecule has 0 radical (unpaired) electrons. The first-order chi connectivity index (χ1) is 15.3. The highest BCUT2D eigenvalue weighted by Gasteiger charge is 2.34. The predicted molar refractivity (Wildman–Crippen MR) is 113 cm³/mol. The van der Waals surface area contributed by atoms with E-state index in [0.717, 1.165) is 0 Å². The molecule has 32 heavy (non-hydrogen) atoms. The Balaban J connectivity index is 1.52. The van der Waals surface area contributed by atoms with Gasteiger partial charge in [-0.15, -0.1) is 0 Å². The number of aliphatic carboxylic acids is 2. The molecule has 0 unspecified atom stereocenters. The van der Waals surface area contributed by atoms with E-state index < -0.39 is 23.9 Å². The van der Waals surface area contributed by atoms with E-state index in [1.54, 1.807) is 36.4 Å². The second-order valence-electron chi connectivity index (χ2n) is 7.11. The fourth-order valence-corrected chi connectivity index (χ4v) is 3.26. The normalized spacial score (nSPS) is 13.4. The van der Waals surface area contributed by atoms with E-state index in [9.17, 15) is 24.0 Å². The predicted octanol–water partition coefficient (Wildman–Crippen LogP) is 1.44. The number of imide groups is 1. The Bertz CT molecular complexity index is 1030. The van der Waals surface area contributed by atoms with Crippen LogP contribution in [0.25, 0.3) is 0 Å². The summed E-state index contributed by atoms with van der Waals surface area (Å²) in [6.07, 6.45) is -0.610. The zero-order valence-electron chi connectivity index (χ0n) is 16.9. The van der Waals surface area contributed by atoms with Crippen molar-refractivity contribution in [3.63, 3.8) is 0 Å². The van der Waals surface area contributed by atoms with Gasteiger partial charge in [0.25, 0.3) is 17.7 Å². The Morgan fingerprint density at radius 3 is 2.03 bits per heavy atom. The van der Waals surface area contributed by atoms with Crippen molar-refractivity contribution in [1.82, 2.24) is 10.2 Å². The summed E-state index contributed by atoms with van der Waals surface area (Å²) in [5.41, 5.74) is 1.61. The summed E-state index contributed by atoms with van der Waals surface area (Å²) >= 11 is 0. The number of benzene rings is 2. The molecule has 0 fully saturated rings. The number of carbonyl (C=O) groups is 5. The van der Waals surface area contributed by atoms with Crippen molar-refractivity contribution in [2.75, 3.05) is 18.4 Å². The van der Waals surface area contributed by atoms with Gasteiger partial charge in [-0.2, -0.15) is 0 Å². The maximum atomic E-state index is 12.3. The lowest BCUT2D eigenvalue weighted by atomic mass is 10.1. The number of nitrogens with zero attached hydrogens (tertiary/aromatic N) is 1. The number of carboxylic acids is 2. The number of fused-ring (bicyclic) bond motifs is 1. The first-order valence-electron chi connectivity index (χ1n) is 9.82. The van der Waals surface area contributed by atoms with Crippen LogP contribution in [0.1, 0.15) is 43.9 Å². The molecule has 3 rings (SSSR count). The van der Waals surface area contributed by atoms with Crippen molar-refractivity contribution in [2.45, 2.75) is 18.9 Å². The molecular weight excluding hydrogens is 418 g/mol. The number of carbonyl (C=O) groups excluding carboxylic acids is 3. The van der Waals surface area contributed by atoms with Gasteiger partial charge in [-0.25, -0.2) is 4.79 Å². The van der Waals surface area contributed by atoms with Crippen molar-refractivity contribution in [1.29, 1.82) is 0 Å². The highest BCUT2D eigenvalue weighted by Crippen LogP contribution is 2.22. The van der Waals surface area contributed by atoms with Crippen LogP contribution in [-0.4, -0.2) is 63.9 Å². The van der Waals surface area contributed by atoms with E-state index in [2.05, 4.69) is 10.6 Å². The van der Waals surface area contributed by atoms with Gasteiger partial charge in [-0.3, -0.25) is 24.1 Å². The monoisotopic (exact) mass is 439 g/mol. The summed E-state index contributed by atoms with van der Waals surface area (Å²) in [5.74, 6) is -3.78. The number of nitrogens with one attached hydrogen (secondary N) is 2. The molecule has 0 aliphatic carbocycles. The molecule has 4 N–H and O–H groups in total. The molecule has 2 aromatic rings. The average molecular weight is 439 g/mol. The summed E-state index contributed by atoms with van der Waals surface area (Å²) in [6, 6.07) is 11.5. The van der Waals surface area contributed by atoms with E-state index in [0.29, 0.717) is 23.4 Å². The van der Waals surface area contributed by atoms with E-state index in [-0.39, 0.29) is 36.8 Å². The molecule has 1 aliphatic rings. The van der Waals surface area contributed by atoms with E-state index >= 15 is 0 Å². The van der Waals surface area contributed by atoms with Gasteiger partial charge in [0.15, 0.2) is 0 Å². The lowest BCUT2D eigenvalue weighted by molar-refractivity contribution is -0.140. The molecule has 0 bridgehead atoms. The summed E-state index contributed by atoms with van der Waals surface area (Å²) in [4.78, 5) is 60.0. The Kier molecular flexibility index (Phi) is 6.83. The molecule has 10 heteroatoms. The minimum Gasteiger partial charge on any atom is -0.481 e. The van der Waals surface area contributed by atoms with Crippen LogP contribution < -0.4 is 10.6 Å². The molecule has 0 saturated heterocycles. The molecule has 166 valence electrons. The largest absolute Gasteiger partial charge is 0.481 e. The van der Waals surface area contributed by atoms with Crippen molar-refractivity contribution >= 4 is 35.3 Å². The molecular formula is C22H21N3O7. The van der Waals surface area contributed by atoms with Gasteiger partial charge in [0.2, 0.25) is 0 Å². The number of carboxylic acid groups (broad SMARTS) is 2. The molecule has 0 aromatic heterocycles. The van der Waals surface area contributed by atoms with Gasteiger partial charge in [-0.1, -0.05) is 12.1 Å². The smallest absolute Gasteiger partial charge is 0.326 e. The van der Waals surface area contributed by atoms with Crippen molar-refractivity contribution in [3.8, 4) is 0 Å². The van der Waals surface area contributed by atoms with Crippen molar-refractivity contribution < 1.29 is 34.2 Å². The Labute approximate surface area is 182 Å². The fraction of sp³-hybridized carbons (Fsp3) is 0.227. The van der Waals surface area contributed by atoms with Gasteiger partial charge in [0, 0.05) is 30.8 Å². The number of hydrogen-bond donors (Lipinski definition) is 4. The van der Waals surface area contributed by atoms with Gasteiger partial charge in [0.1, 0.15) is 6.04 Å². The molecule has 3 amide bonds. The van der Waals surface area contributed by atoms with E-state index in [4.69, 9.17) is 10.2 Å². The van der Waals surface area contributed by atoms with Crippen molar-refractivity contribution in [3.05, 3.63) is 65.2 Å². The maximum absolute atomic E-state index is 12.3. The fourth-order valence-electron chi connectivity index (χ4n) is 3.26. The van der Waals surface area contributed by atoms with Gasteiger partial charge >= 0.3 is 11.9 Å². The first-order valence-corrected chi connectivity index (χ1v) is 9.82. The Morgan fingerprint density at radius 2 is 1.50 bits per heavy atom. The third-order valence-electron chi connectivity index (χ3n) is 4.94. The van der Waals surface area contributed by atoms with Crippen LogP contribution in [0.4, 0.5) is 5.69 Å². The zero-order valence-corrected chi connectivity index (χ0v) is 16.9. The maximum Gasteiger partial charge on any atom is 0.326 e. The van der Waals surface area contributed by atoms with Crippen LogP contribution >= 0.6 is 0 Å². The van der Waals surface area contributed by atoms with E-state index in [1.165, 1.54) is 17.0 Å². The Hall–Kier alpha value is -4.21. The molecule has 0 saturated carbocycles. The van der Waals surface area contributed by atoms with Gasteiger partial charge in [-0.05, 0) is 42.8 Å². The van der Waals surface area contributed by atoms with Crippen LogP contribution in [0.2, 0.25) is 0 Å². The zero-order chi connectivity index (χ0) is 23.3. The first kappa shape index (κ1) is 22.5. The summed E-state index contributed by atoms with van der Waals surface area (Å²) in [5, 5.41) is 23.2. The third-order valence-corrected chi connectivity index (χ3v) is 4.94. The SMILES string of the molecule is O=C(O)CC[C@H](NC(=O)c1ccc(NCCN2C(=O)c3ccccc3C2=O)cc1)C(=O)O. The number of anilines is 1. The van der Waals surface area contributed by atoms with E-state index in [1.807, 2.05) is 0 Å². The second-order valence-corrected chi connectivity index (χ2v) is 7.11. The average Bonchev–Trinajstić information content (AvgIpc) is 3.01. The second kappa shape index (κ2) is 9.73. The lowest BCUT2D eigenvalue weighted by Crippen LogP contribution is -2.41. The quantitative estimate of drug-likeness (QED) is 0.406. The minimum atomic E-state index is -1.31. The molecule has 1 aliphatic heterocycles. The van der Waals surface area contributed by atoms with Crippen LogP contribution in [0.15, 0.2) is 48.5 Å². The van der Waals surface area contributed by atoms with Crippen LogP contribution in [-0.2, 0) is 9.59 Å². The topological polar surface area (TPSA) is 153 Å². The molecule has 0 spiro atoms. The highest BCUT2D eigenvalue weighted by atomic mass is 16.4. The highest BCUT2D eigenvalue weighted by molar-refractivity contribution is 6.21.